The summed E-state index contributed by atoms with van der Waals surface area (Å²) in [6.45, 7) is 5.44. The topological polar surface area (TPSA) is 36.4 Å². The number of amides is 1. The number of aryl methyl sites for hydroxylation is 2. The summed E-state index contributed by atoms with van der Waals surface area (Å²) in [5, 5.41) is 1.39. The molecule has 0 saturated carbocycles. The first-order valence-electron chi connectivity index (χ1n) is 9.05. The molecule has 1 aromatic heterocycles. The van der Waals surface area contributed by atoms with Crippen LogP contribution in [0.1, 0.15) is 11.1 Å². The van der Waals surface area contributed by atoms with Crippen molar-refractivity contribution in [2.75, 3.05) is 37.8 Å². The quantitative estimate of drug-likeness (QED) is 0.476. The fourth-order valence-electron chi connectivity index (χ4n) is 2.69. The molecule has 0 aliphatic rings. The molecule has 0 N–H and O–H groups in total. The number of carbonyl (C=O) groups excluding carboxylic acids is 1. The minimum Gasteiger partial charge on any atom is -0.308 e. The van der Waals surface area contributed by atoms with Crippen molar-refractivity contribution in [3.63, 3.8) is 0 Å². The van der Waals surface area contributed by atoms with Gasteiger partial charge in [0.25, 0.3) is 0 Å². The van der Waals surface area contributed by atoms with Crippen LogP contribution in [0.4, 0.5) is 5.13 Å². The predicted molar refractivity (Wildman–Crippen MR) is 122 cm³/mol. The largest absolute Gasteiger partial charge is 0.308 e. The molecule has 28 heavy (non-hydrogen) atoms. The zero-order chi connectivity index (χ0) is 20.3. The summed E-state index contributed by atoms with van der Waals surface area (Å²) in [6, 6.07) is 12.1. The maximum atomic E-state index is 13.1. The number of fused-ring (bicyclic) bond motifs is 1. The molecule has 7 heteroatoms. The summed E-state index contributed by atoms with van der Waals surface area (Å²) in [6.07, 6.45) is 0. The Balaban J connectivity index is 1.83. The molecule has 0 saturated heterocycles. The zero-order valence-corrected chi connectivity index (χ0v) is 18.9. The zero-order valence-electron chi connectivity index (χ0n) is 16.5. The average Bonchev–Trinajstić information content (AvgIpc) is 3.10. The van der Waals surface area contributed by atoms with Crippen LogP contribution in [0.15, 0.2) is 41.3 Å². The smallest absolute Gasteiger partial charge is 0.239 e. The highest BCUT2D eigenvalue weighted by Gasteiger charge is 2.21. The molecule has 0 atom stereocenters. The van der Waals surface area contributed by atoms with Crippen molar-refractivity contribution in [1.29, 1.82) is 0 Å². The van der Waals surface area contributed by atoms with E-state index in [1.807, 2.05) is 33.2 Å². The van der Waals surface area contributed by atoms with E-state index in [9.17, 15) is 4.79 Å². The summed E-state index contributed by atoms with van der Waals surface area (Å²) in [5.74, 6) is 0.430. The first-order chi connectivity index (χ1) is 13.3. The summed E-state index contributed by atoms with van der Waals surface area (Å²) in [5.41, 5.74) is 3.15. The maximum Gasteiger partial charge on any atom is 0.239 e. The third kappa shape index (κ3) is 5.06. The van der Waals surface area contributed by atoms with Crippen LogP contribution in [0.25, 0.3) is 10.2 Å². The number of rotatable bonds is 7. The summed E-state index contributed by atoms with van der Waals surface area (Å²) in [7, 11) is 4.01. The van der Waals surface area contributed by atoms with E-state index in [1.54, 1.807) is 16.7 Å². The highest BCUT2D eigenvalue weighted by Crippen LogP contribution is 2.36. The number of nitrogens with zero attached hydrogens (tertiary/aromatic N) is 3. The maximum absolute atomic E-state index is 13.1. The van der Waals surface area contributed by atoms with Crippen LogP contribution in [-0.4, -0.2) is 48.7 Å². The number of benzene rings is 2. The number of carbonyl (C=O) groups is 1. The van der Waals surface area contributed by atoms with E-state index in [0.29, 0.717) is 22.5 Å². The first kappa shape index (κ1) is 21.1. The number of thiazole rings is 1. The van der Waals surface area contributed by atoms with Gasteiger partial charge in [-0.3, -0.25) is 9.69 Å². The Morgan fingerprint density at radius 1 is 1.11 bits per heavy atom. The van der Waals surface area contributed by atoms with Gasteiger partial charge >= 0.3 is 0 Å². The Labute approximate surface area is 179 Å². The van der Waals surface area contributed by atoms with Crippen LogP contribution in [0.2, 0.25) is 5.02 Å². The molecule has 1 amide bonds. The highest BCUT2D eigenvalue weighted by atomic mass is 35.5. The van der Waals surface area contributed by atoms with Gasteiger partial charge in [0.1, 0.15) is 0 Å². The normalized spacial score (nSPS) is 11.4. The number of likely N-dealkylation sites (N-methyl/N-ethyl adjacent to an activating group) is 1. The van der Waals surface area contributed by atoms with E-state index < -0.39 is 0 Å². The Kier molecular flexibility index (Phi) is 6.99. The number of thioether (sulfide) groups is 1. The van der Waals surface area contributed by atoms with Crippen molar-refractivity contribution >= 4 is 56.0 Å². The predicted octanol–water partition coefficient (Wildman–Crippen LogP) is 5.25. The van der Waals surface area contributed by atoms with Crippen LogP contribution in [-0.2, 0) is 4.79 Å². The van der Waals surface area contributed by atoms with Crippen LogP contribution in [0.5, 0.6) is 0 Å². The molecule has 0 aliphatic carbocycles. The van der Waals surface area contributed by atoms with Crippen molar-refractivity contribution in [2.45, 2.75) is 18.7 Å². The second-order valence-corrected chi connectivity index (χ2v) is 9.42. The molecule has 0 bridgehead atoms. The Morgan fingerprint density at radius 2 is 1.82 bits per heavy atom. The van der Waals surface area contributed by atoms with Gasteiger partial charge in [0.15, 0.2) is 5.13 Å². The van der Waals surface area contributed by atoms with Crippen LogP contribution >= 0.6 is 34.7 Å². The molecule has 148 valence electrons. The lowest BCUT2D eigenvalue weighted by molar-refractivity contribution is -0.116. The Bertz CT molecular complexity index is 931. The van der Waals surface area contributed by atoms with Gasteiger partial charge in [-0.2, -0.15) is 0 Å². The lowest BCUT2D eigenvalue weighted by Crippen LogP contribution is -2.37. The van der Waals surface area contributed by atoms with E-state index in [2.05, 4.69) is 36.1 Å². The van der Waals surface area contributed by atoms with Gasteiger partial charge < -0.3 is 4.90 Å². The van der Waals surface area contributed by atoms with Gasteiger partial charge in [0.2, 0.25) is 5.91 Å². The second kappa shape index (κ2) is 9.27. The van der Waals surface area contributed by atoms with Crippen molar-refractivity contribution in [1.82, 2.24) is 9.88 Å². The third-order valence-electron chi connectivity index (χ3n) is 4.37. The average molecular weight is 434 g/mol. The van der Waals surface area contributed by atoms with Crippen LogP contribution in [0, 0.1) is 13.8 Å². The summed E-state index contributed by atoms with van der Waals surface area (Å²) < 4.78 is 0.936. The minimum atomic E-state index is 0.0558. The molecule has 2 aromatic carbocycles. The minimum absolute atomic E-state index is 0.0558. The van der Waals surface area contributed by atoms with E-state index in [1.165, 1.54) is 16.9 Å². The molecule has 3 aromatic rings. The summed E-state index contributed by atoms with van der Waals surface area (Å²) >= 11 is 9.40. The molecular formula is C21H24ClN3OS2. The second-order valence-electron chi connectivity index (χ2n) is 6.99. The first-order valence-corrected chi connectivity index (χ1v) is 11.2. The lowest BCUT2D eigenvalue weighted by atomic mass is 10.2. The van der Waals surface area contributed by atoms with Crippen molar-refractivity contribution < 1.29 is 4.79 Å². The molecule has 0 radical (unpaired) electrons. The third-order valence-corrected chi connectivity index (χ3v) is 6.91. The van der Waals surface area contributed by atoms with Crippen molar-refractivity contribution in [2.24, 2.45) is 0 Å². The Hall–Kier alpha value is -1.60. The van der Waals surface area contributed by atoms with Crippen molar-refractivity contribution in [3.05, 3.63) is 52.5 Å². The number of hydrogen-bond acceptors (Lipinski definition) is 5. The highest BCUT2D eigenvalue weighted by molar-refractivity contribution is 8.00. The molecule has 0 fully saturated rings. The van der Waals surface area contributed by atoms with Gasteiger partial charge in [0.05, 0.1) is 21.0 Å². The van der Waals surface area contributed by atoms with E-state index in [4.69, 9.17) is 16.6 Å². The number of aromatic nitrogens is 1. The fraction of sp³-hybridized carbons (Fsp3) is 0.333. The molecule has 1 heterocycles. The Morgan fingerprint density at radius 3 is 2.46 bits per heavy atom. The summed E-state index contributed by atoms with van der Waals surface area (Å²) in [4.78, 5) is 22.8. The molecule has 0 aliphatic heterocycles. The standard InChI is InChI=1S/C21H24ClN3OS2/c1-14-5-8-16(9-6-14)27-13-18(26)25(12-11-24(3)4)21-23-19-15(2)7-10-17(22)20(19)28-21/h5-10H,11-13H2,1-4H3. The van der Waals surface area contributed by atoms with Gasteiger partial charge in [-0.05, 0) is 51.7 Å². The molecule has 0 unspecified atom stereocenters. The van der Waals surface area contributed by atoms with Gasteiger partial charge in [0, 0.05) is 18.0 Å². The molecule has 3 rings (SSSR count). The molecular weight excluding hydrogens is 410 g/mol. The van der Waals surface area contributed by atoms with E-state index in [0.717, 1.165) is 27.2 Å². The molecule has 0 spiro atoms. The molecule has 4 nitrogen and oxygen atoms in total. The van der Waals surface area contributed by atoms with E-state index >= 15 is 0 Å². The lowest BCUT2D eigenvalue weighted by Gasteiger charge is -2.21. The SMILES string of the molecule is Cc1ccc(SCC(=O)N(CCN(C)C)c2nc3c(C)ccc(Cl)c3s2)cc1. The van der Waals surface area contributed by atoms with Crippen LogP contribution < -0.4 is 4.90 Å². The fourth-order valence-corrected chi connectivity index (χ4v) is 4.83. The van der Waals surface area contributed by atoms with Gasteiger partial charge in [-0.15, -0.1) is 11.8 Å². The number of hydrogen-bond donors (Lipinski definition) is 0. The van der Waals surface area contributed by atoms with E-state index in [-0.39, 0.29) is 5.91 Å². The van der Waals surface area contributed by atoms with Crippen molar-refractivity contribution in [3.8, 4) is 0 Å². The number of anilines is 1. The van der Waals surface area contributed by atoms with Crippen LogP contribution in [0.3, 0.4) is 0 Å². The van der Waals surface area contributed by atoms with Gasteiger partial charge in [-0.1, -0.05) is 46.7 Å². The van der Waals surface area contributed by atoms with Gasteiger partial charge in [-0.25, -0.2) is 4.98 Å². The number of halogens is 1. The monoisotopic (exact) mass is 433 g/mol.